The Hall–Kier alpha value is -3.94. The number of aromatic nitrogens is 1. The van der Waals surface area contributed by atoms with Crippen molar-refractivity contribution < 1.29 is 18.8 Å². The number of benzene rings is 1. The molecule has 35 heavy (non-hydrogen) atoms. The SMILES string of the molecule is CNC(=O)[C@@H](NC(=O)c1ccc(-c2ccc(NC(=O)c3cncc(C)c3)cc2)o1)C1CCCCC1. The molecule has 3 aromatic rings. The van der Waals surface area contributed by atoms with Crippen molar-refractivity contribution >= 4 is 23.4 Å². The summed E-state index contributed by atoms with van der Waals surface area (Å²) in [5.74, 6) is -0.0451. The molecule has 4 rings (SSSR count). The average Bonchev–Trinajstić information content (AvgIpc) is 3.38. The number of rotatable bonds is 7. The zero-order valence-corrected chi connectivity index (χ0v) is 20.0. The van der Waals surface area contributed by atoms with Crippen LogP contribution >= 0.6 is 0 Å². The molecule has 0 spiro atoms. The van der Waals surface area contributed by atoms with Gasteiger partial charge in [-0.25, -0.2) is 0 Å². The number of amides is 3. The molecule has 3 amide bonds. The van der Waals surface area contributed by atoms with E-state index in [1.165, 1.54) is 6.20 Å². The summed E-state index contributed by atoms with van der Waals surface area (Å²) < 4.78 is 5.80. The lowest BCUT2D eigenvalue weighted by atomic mass is 9.83. The molecular formula is C27H30N4O4. The van der Waals surface area contributed by atoms with E-state index >= 15 is 0 Å². The molecule has 1 aromatic carbocycles. The lowest BCUT2D eigenvalue weighted by Gasteiger charge is -2.29. The Bertz CT molecular complexity index is 1200. The molecule has 3 N–H and O–H groups in total. The monoisotopic (exact) mass is 474 g/mol. The van der Waals surface area contributed by atoms with Gasteiger partial charge in [-0.15, -0.1) is 0 Å². The fraction of sp³-hybridized carbons (Fsp3) is 0.333. The first-order chi connectivity index (χ1) is 16.9. The number of carbonyl (C=O) groups excluding carboxylic acids is 3. The second-order valence-corrected chi connectivity index (χ2v) is 8.91. The van der Waals surface area contributed by atoms with Gasteiger partial charge in [-0.1, -0.05) is 19.3 Å². The van der Waals surface area contributed by atoms with E-state index in [9.17, 15) is 14.4 Å². The summed E-state index contributed by atoms with van der Waals surface area (Å²) in [4.78, 5) is 41.8. The predicted octanol–water partition coefficient (Wildman–Crippen LogP) is 4.33. The van der Waals surface area contributed by atoms with Gasteiger partial charge in [0.05, 0.1) is 5.56 Å². The third-order valence-electron chi connectivity index (χ3n) is 6.33. The van der Waals surface area contributed by atoms with Crippen LogP contribution in [0.5, 0.6) is 0 Å². The summed E-state index contributed by atoms with van der Waals surface area (Å²) in [5.41, 5.74) is 2.78. The fourth-order valence-corrected chi connectivity index (χ4v) is 4.45. The van der Waals surface area contributed by atoms with Gasteiger partial charge in [-0.05, 0) is 73.7 Å². The van der Waals surface area contributed by atoms with E-state index < -0.39 is 11.9 Å². The van der Waals surface area contributed by atoms with E-state index in [1.807, 2.05) is 6.92 Å². The Morgan fingerprint density at radius 3 is 2.40 bits per heavy atom. The lowest BCUT2D eigenvalue weighted by Crippen LogP contribution is -2.50. The number of furan rings is 1. The summed E-state index contributed by atoms with van der Waals surface area (Å²) in [6.45, 7) is 1.88. The minimum atomic E-state index is -0.576. The number of nitrogens with zero attached hydrogens (tertiary/aromatic N) is 1. The van der Waals surface area contributed by atoms with Gasteiger partial charge < -0.3 is 20.4 Å². The molecule has 0 saturated heterocycles. The molecule has 2 aromatic heterocycles. The first kappa shape index (κ1) is 24.2. The van der Waals surface area contributed by atoms with Crippen molar-refractivity contribution in [2.24, 2.45) is 5.92 Å². The summed E-state index contributed by atoms with van der Waals surface area (Å²) in [7, 11) is 1.58. The molecule has 0 aliphatic heterocycles. The van der Waals surface area contributed by atoms with E-state index in [2.05, 4.69) is 20.9 Å². The van der Waals surface area contributed by atoms with Gasteiger partial charge in [0.2, 0.25) is 5.91 Å². The van der Waals surface area contributed by atoms with Crippen LogP contribution < -0.4 is 16.0 Å². The van der Waals surface area contributed by atoms with E-state index in [-0.39, 0.29) is 23.5 Å². The van der Waals surface area contributed by atoms with Crippen molar-refractivity contribution in [3.8, 4) is 11.3 Å². The van der Waals surface area contributed by atoms with Crippen molar-refractivity contribution in [2.75, 3.05) is 12.4 Å². The number of hydrogen-bond donors (Lipinski definition) is 3. The molecule has 1 aliphatic carbocycles. The molecule has 1 aliphatic rings. The Balaban J connectivity index is 1.41. The summed E-state index contributed by atoms with van der Waals surface area (Å²) in [6.07, 6.45) is 8.36. The molecule has 8 heteroatoms. The molecule has 0 bridgehead atoms. The normalized spacial score (nSPS) is 14.7. The fourth-order valence-electron chi connectivity index (χ4n) is 4.45. The molecule has 0 unspecified atom stereocenters. The van der Waals surface area contributed by atoms with Gasteiger partial charge in [0, 0.05) is 30.7 Å². The van der Waals surface area contributed by atoms with Crippen LogP contribution in [0.25, 0.3) is 11.3 Å². The van der Waals surface area contributed by atoms with Crippen LogP contribution in [0.15, 0.2) is 59.3 Å². The van der Waals surface area contributed by atoms with Gasteiger partial charge in [-0.3, -0.25) is 19.4 Å². The molecule has 1 fully saturated rings. The second kappa shape index (κ2) is 11.0. The van der Waals surface area contributed by atoms with Crippen LogP contribution in [0.4, 0.5) is 5.69 Å². The highest BCUT2D eigenvalue weighted by molar-refractivity contribution is 6.04. The summed E-state index contributed by atoms with van der Waals surface area (Å²) in [5, 5.41) is 8.38. The Morgan fingerprint density at radius 2 is 1.71 bits per heavy atom. The number of nitrogens with one attached hydrogen (secondary N) is 3. The second-order valence-electron chi connectivity index (χ2n) is 8.91. The zero-order chi connectivity index (χ0) is 24.8. The molecule has 0 radical (unpaired) electrons. The number of hydrogen-bond acceptors (Lipinski definition) is 5. The van der Waals surface area contributed by atoms with Crippen molar-refractivity contribution in [1.82, 2.24) is 15.6 Å². The van der Waals surface area contributed by atoms with E-state index in [0.717, 1.165) is 43.2 Å². The van der Waals surface area contributed by atoms with Gasteiger partial charge in [0.1, 0.15) is 11.8 Å². The van der Waals surface area contributed by atoms with Crippen molar-refractivity contribution in [1.29, 1.82) is 0 Å². The van der Waals surface area contributed by atoms with E-state index in [1.54, 1.807) is 55.7 Å². The molecule has 1 saturated carbocycles. The predicted molar refractivity (Wildman–Crippen MR) is 133 cm³/mol. The van der Waals surface area contributed by atoms with E-state index in [0.29, 0.717) is 17.0 Å². The highest BCUT2D eigenvalue weighted by Gasteiger charge is 2.31. The number of aryl methyl sites for hydroxylation is 1. The van der Waals surface area contributed by atoms with Gasteiger partial charge in [0.15, 0.2) is 5.76 Å². The number of likely N-dealkylation sites (N-methyl/N-ethyl adjacent to an activating group) is 1. The van der Waals surface area contributed by atoms with Gasteiger partial charge in [0.25, 0.3) is 11.8 Å². The topological polar surface area (TPSA) is 113 Å². The maximum Gasteiger partial charge on any atom is 0.287 e. The first-order valence-corrected chi connectivity index (χ1v) is 11.9. The van der Waals surface area contributed by atoms with Crippen molar-refractivity contribution in [3.05, 3.63) is 71.7 Å². The standard InChI is InChI=1S/C27H30N4O4/c1-17-14-20(16-29-15-17)25(32)30-21-10-8-18(9-11-21)22-12-13-23(35-22)26(33)31-24(27(34)28-2)19-6-4-3-5-7-19/h8-16,19,24H,3-7H2,1-2H3,(H,28,34)(H,30,32)(H,31,33)/t24-/m0/s1. The zero-order valence-electron chi connectivity index (χ0n) is 20.0. The molecule has 1 atom stereocenters. The summed E-state index contributed by atoms with van der Waals surface area (Å²) >= 11 is 0. The smallest absolute Gasteiger partial charge is 0.287 e. The van der Waals surface area contributed by atoms with Crippen molar-refractivity contribution in [2.45, 2.75) is 45.1 Å². The minimum Gasteiger partial charge on any atom is -0.451 e. The van der Waals surface area contributed by atoms with Crippen LogP contribution in [0.1, 0.15) is 58.6 Å². The Labute approximate surface area is 204 Å². The lowest BCUT2D eigenvalue weighted by molar-refractivity contribution is -0.124. The van der Waals surface area contributed by atoms with Crippen LogP contribution in [0.3, 0.4) is 0 Å². The van der Waals surface area contributed by atoms with Gasteiger partial charge >= 0.3 is 0 Å². The van der Waals surface area contributed by atoms with Crippen LogP contribution in [-0.4, -0.2) is 35.8 Å². The molecular weight excluding hydrogens is 444 g/mol. The maximum absolute atomic E-state index is 12.9. The largest absolute Gasteiger partial charge is 0.451 e. The van der Waals surface area contributed by atoms with E-state index in [4.69, 9.17) is 4.42 Å². The molecule has 8 nitrogen and oxygen atoms in total. The quantitative estimate of drug-likeness (QED) is 0.472. The maximum atomic E-state index is 12.9. The van der Waals surface area contributed by atoms with Crippen LogP contribution in [0.2, 0.25) is 0 Å². The van der Waals surface area contributed by atoms with Crippen molar-refractivity contribution in [3.63, 3.8) is 0 Å². The third kappa shape index (κ3) is 5.95. The third-order valence-corrected chi connectivity index (χ3v) is 6.33. The Morgan fingerprint density at radius 1 is 0.971 bits per heavy atom. The van der Waals surface area contributed by atoms with Gasteiger partial charge in [-0.2, -0.15) is 0 Å². The van der Waals surface area contributed by atoms with Crippen LogP contribution in [-0.2, 0) is 4.79 Å². The van der Waals surface area contributed by atoms with Crippen LogP contribution in [0, 0.1) is 12.8 Å². The average molecular weight is 475 g/mol. The first-order valence-electron chi connectivity index (χ1n) is 11.9. The number of carbonyl (C=O) groups is 3. The molecule has 2 heterocycles. The highest BCUT2D eigenvalue weighted by atomic mass is 16.4. The molecule has 182 valence electrons. The minimum absolute atomic E-state index is 0.125. The number of anilines is 1. The number of pyridine rings is 1. The highest BCUT2D eigenvalue weighted by Crippen LogP contribution is 2.28. The Kier molecular flexibility index (Phi) is 7.60. The summed E-state index contributed by atoms with van der Waals surface area (Å²) in [6, 6.07) is 11.7.